The van der Waals surface area contributed by atoms with Gasteiger partial charge in [-0.15, -0.1) is 0 Å². The largest absolute Gasteiger partial charge is 0.462 e. The predicted octanol–water partition coefficient (Wildman–Crippen LogP) is 3.57. The number of nitrogens with one attached hydrogen (secondary N) is 1. The summed E-state index contributed by atoms with van der Waals surface area (Å²) in [5.74, 6) is -3.76. The molecule has 0 aliphatic carbocycles. The zero-order chi connectivity index (χ0) is 40.3. The molecule has 2 aliphatic heterocycles. The van der Waals surface area contributed by atoms with Crippen LogP contribution in [-0.2, 0) is 33.3 Å². The van der Waals surface area contributed by atoms with Gasteiger partial charge in [0, 0.05) is 42.0 Å². The fourth-order valence-corrected chi connectivity index (χ4v) is 6.91. The SMILES string of the molecule is CC[C@H]1OC(=O)C[C@@H](O)[C@H](C)[C@@H](O[C@@H]2O[C@H](C)[C@@H](O)[C@H](N(C)C)[C@H]2O)[C@@H](CC=O)C[C@@H](C)C(=O)/C=C/C(C)=C/[C@@H]1COC(=O)Nc1ccc([N+](=O)[O-])cc1. The molecule has 2 aliphatic rings. The summed E-state index contributed by atoms with van der Waals surface area (Å²) < 4.78 is 23.6. The van der Waals surface area contributed by atoms with Crippen LogP contribution in [0.15, 0.2) is 48.1 Å². The van der Waals surface area contributed by atoms with Crippen molar-refractivity contribution in [2.75, 3.05) is 26.0 Å². The van der Waals surface area contributed by atoms with Crippen LogP contribution >= 0.6 is 0 Å². The normalized spacial score (nSPS) is 34.6. The summed E-state index contributed by atoms with van der Waals surface area (Å²) in [4.78, 5) is 63.5. The Morgan fingerprint density at radius 3 is 2.35 bits per heavy atom. The van der Waals surface area contributed by atoms with Crippen LogP contribution in [0.1, 0.15) is 60.3 Å². The minimum atomic E-state index is -1.36. The molecule has 1 aromatic carbocycles. The Bertz CT molecular complexity index is 1500. The van der Waals surface area contributed by atoms with Crippen LogP contribution in [0.4, 0.5) is 16.2 Å². The molecule has 3 rings (SSSR count). The number of carbonyl (C=O) groups excluding carboxylic acids is 4. The fourth-order valence-electron chi connectivity index (χ4n) is 6.91. The molecule has 0 unspecified atom stereocenters. The number of ketones is 1. The Labute approximate surface area is 315 Å². The minimum Gasteiger partial charge on any atom is -0.462 e. The molecule has 16 heteroatoms. The lowest BCUT2D eigenvalue weighted by atomic mass is 9.79. The maximum atomic E-state index is 13.4. The molecular weight excluding hydrogens is 706 g/mol. The van der Waals surface area contributed by atoms with Gasteiger partial charge in [-0.25, -0.2) is 4.79 Å². The van der Waals surface area contributed by atoms with Gasteiger partial charge in [0.15, 0.2) is 12.1 Å². The lowest BCUT2D eigenvalue weighted by molar-refractivity contribution is -0.384. The van der Waals surface area contributed by atoms with E-state index >= 15 is 0 Å². The molecule has 1 fully saturated rings. The molecule has 2 heterocycles. The van der Waals surface area contributed by atoms with Crippen LogP contribution in [0.3, 0.4) is 0 Å². The number of likely N-dealkylation sites (N-methyl/N-ethyl adjacent to an activating group) is 1. The number of nitro benzene ring substituents is 1. The van der Waals surface area contributed by atoms with Gasteiger partial charge in [0.2, 0.25) is 0 Å². The first-order valence-corrected chi connectivity index (χ1v) is 18.2. The smallest absolute Gasteiger partial charge is 0.411 e. The first-order valence-electron chi connectivity index (χ1n) is 18.2. The van der Waals surface area contributed by atoms with E-state index in [4.69, 9.17) is 18.9 Å². The summed E-state index contributed by atoms with van der Waals surface area (Å²) in [6, 6.07) is 4.41. The van der Waals surface area contributed by atoms with Crippen molar-refractivity contribution in [1.29, 1.82) is 0 Å². The third-order valence-electron chi connectivity index (χ3n) is 10.1. The number of carbonyl (C=O) groups is 4. The number of benzene rings is 1. The van der Waals surface area contributed by atoms with Gasteiger partial charge in [0.05, 0.1) is 41.8 Å². The number of esters is 1. The van der Waals surface area contributed by atoms with Crippen molar-refractivity contribution in [2.24, 2.45) is 23.7 Å². The number of aliphatic hydroxyl groups excluding tert-OH is 3. The quantitative estimate of drug-likeness (QED) is 0.116. The molecule has 0 aromatic heterocycles. The van der Waals surface area contributed by atoms with E-state index in [9.17, 15) is 44.6 Å². The van der Waals surface area contributed by atoms with Crippen LogP contribution in [0.2, 0.25) is 0 Å². The van der Waals surface area contributed by atoms with Crippen molar-refractivity contribution in [1.82, 2.24) is 4.90 Å². The number of rotatable bonds is 10. The Morgan fingerprint density at radius 2 is 1.76 bits per heavy atom. The number of aliphatic hydroxyl groups is 3. The van der Waals surface area contributed by atoms with Crippen LogP contribution in [0.25, 0.3) is 0 Å². The second-order valence-corrected chi connectivity index (χ2v) is 14.4. The van der Waals surface area contributed by atoms with Gasteiger partial charge in [0.1, 0.15) is 25.1 Å². The molecule has 54 heavy (non-hydrogen) atoms. The number of allylic oxidation sites excluding steroid dienone is 3. The summed E-state index contributed by atoms with van der Waals surface area (Å²) in [7, 11) is 3.39. The molecule has 300 valence electrons. The van der Waals surface area contributed by atoms with Crippen LogP contribution in [0.5, 0.6) is 0 Å². The summed E-state index contributed by atoms with van der Waals surface area (Å²) in [6.07, 6.45) is -3.07. The molecule has 0 spiro atoms. The molecule has 1 saturated heterocycles. The Balaban J connectivity index is 1.91. The molecule has 0 radical (unpaired) electrons. The topological polar surface area (TPSA) is 224 Å². The molecule has 0 bridgehead atoms. The number of ether oxygens (including phenoxy) is 4. The summed E-state index contributed by atoms with van der Waals surface area (Å²) in [5, 5.41) is 46.9. The van der Waals surface area contributed by atoms with E-state index in [2.05, 4.69) is 5.32 Å². The number of non-ortho nitro benzene ring substituents is 1. The minimum absolute atomic E-state index is 0.0537. The second kappa shape index (κ2) is 20.6. The zero-order valence-corrected chi connectivity index (χ0v) is 31.9. The molecule has 16 nitrogen and oxygen atoms in total. The monoisotopic (exact) mass is 761 g/mol. The Hall–Kier alpha value is -4.06. The lowest BCUT2D eigenvalue weighted by Gasteiger charge is -2.46. The van der Waals surface area contributed by atoms with Gasteiger partial charge < -0.3 is 44.0 Å². The number of nitrogens with zero attached hydrogens (tertiary/aromatic N) is 2. The van der Waals surface area contributed by atoms with E-state index in [1.165, 1.54) is 30.3 Å². The maximum absolute atomic E-state index is 13.4. The highest BCUT2D eigenvalue weighted by Gasteiger charge is 2.47. The molecule has 0 saturated carbocycles. The van der Waals surface area contributed by atoms with Crippen LogP contribution in [-0.4, -0.2) is 119 Å². The maximum Gasteiger partial charge on any atom is 0.411 e. The second-order valence-electron chi connectivity index (χ2n) is 14.4. The highest BCUT2D eigenvalue weighted by molar-refractivity contribution is 5.91. The van der Waals surface area contributed by atoms with E-state index in [1.54, 1.807) is 65.8 Å². The van der Waals surface area contributed by atoms with Gasteiger partial charge in [-0.2, -0.15) is 0 Å². The number of cyclic esters (lactones) is 1. The standard InChI is InChI=1S/C38H55N3O13/c1-8-31-26(20-51-38(48)39-27-10-12-28(13-11-27)41(49)50)17-21(2)9-14-29(43)22(3)18-25(15-16-42)36(23(4)30(44)19-32(45)53-31)54-37-35(47)33(40(6)7)34(46)24(5)52-37/h9-14,16-17,22-26,30-31,33-37,44,46-47H,8,15,18-20H2,1-7H3,(H,39,48)/b14-9+,21-17+/t22-,23+,24-,25+,26-,30-,31-,33+,34-,35-,36-,37+/m1/s1. The molecule has 1 amide bonds. The average molecular weight is 762 g/mol. The zero-order valence-electron chi connectivity index (χ0n) is 31.9. The highest BCUT2D eigenvalue weighted by Crippen LogP contribution is 2.34. The number of hydrogen-bond donors (Lipinski definition) is 4. The average Bonchev–Trinajstić information content (AvgIpc) is 3.11. The van der Waals surface area contributed by atoms with Crippen molar-refractivity contribution < 1.29 is 58.4 Å². The third kappa shape index (κ3) is 12.2. The number of nitro groups is 1. The lowest BCUT2D eigenvalue weighted by Crippen LogP contribution is -2.63. The summed E-state index contributed by atoms with van der Waals surface area (Å²) >= 11 is 0. The van der Waals surface area contributed by atoms with Crippen LogP contribution in [0, 0.1) is 33.8 Å². The van der Waals surface area contributed by atoms with E-state index < -0.39 is 96.0 Å². The van der Waals surface area contributed by atoms with E-state index in [1.807, 2.05) is 0 Å². The van der Waals surface area contributed by atoms with E-state index in [-0.39, 0.29) is 36.6 Å². The van der Waals surface area contributed by atoms with Gasteiger partial charge in [-0.3, -0.25) is 25.0 Å². The summed E-state index contributed by atoms with van der Waals surface area (Å²) in [5.41, 5.74) is 0.721. The van der Waals surface area contributed by atoms with Gasteiger partial charge in [0.25, 0.3) is 5.69 Å². The van der Waals surface area contributed by atoms with Gasteiger partial charge in [-0.05, 0) is 64.9 Å². The molecule has 4 N–H and O–H groups in total. The predicted molar refractivity (Wildman–Crippen MR) is 196 cm³/mol. The fraction of sp³-hybridized carbons (Fsp3) is 0.632. The third-order valence-corrected chi connectivity index (χ3v) is 10.1. The van der Waals surface area contributed by atoms with Crippen molar-refractivity contribution >= 4 is 35.5 Å². The Kier molecular flexibility index (Phi) is 16.9. The highest BCUT2D eigenvalue weighted by atomic mass is 16.7. The summed E-state index contributed by atoms with van der Waals surface area (Å²) in [6.45, 7) is 8.24. The van der Waals surface area contributed by atoms with Crippen molar-refractivity contribution in [3.8, 4) is 0 Å². The first kappa shape index (κ1) is 44.3. The van der Waals surface area contributed by atoms with Gasteiger partial charge in [-0.1, -0.05) is 38.5 Å². The van der Waals surface area contributed by atoms with Crippen molar-refractivity contribution in [3.63, 3.8) is 0 Å². The number of hydrogen-bond acceptors (Lipinski definition) is 14. The number of anilines is 1. The van der Waals surface area contributed by atoms with E-state index in [0.717, 1.165) is 0 Å². The van der Waals surface area contributed by atoms with Crippen molar-refractivity contribution in [3.05, 3.63) is 58.2 Å². The number of amides is 1. The van der Waals surface area contributed by atoms with Crippen LogP contribution < -0.4 is 5.32 Å². The molecule has 1 aromatic rings. The molecular formula is C38H55N3O13. The first-order chi connectivity index (χ1) is 25.5. The molecule has 12 atom stereocenters. The van der Waals surface area contributed by atoms with Crippen molar-refractivity contribution in [2.45, 2.75) is 109 Å². The van der Waals surface area contributed by atoms with Gasteiger partial charge >= 0.3 is 12.1 Å². The Morgan fingerprint density at radius 1 is 1.09 bits per heavy atom. The number of aldehydes is 1. The van der Waals surface area contributed by atoms with E-state index in [0.29, 0.717) is 18.3 Å².